The highest BCUT2D eigenvalue weighted by atomic mass is 79.9. The molecular formula is C32H14Br4N8. The maximum atomic E-state index is 5.08. The van der Waals surface area contributed by atoms with Crippen LogP contribution >= 0.6 is 63.7 Å². The molecule has 5 heterocycles. The number of nitrogens with one attached hydrogen (secondary N) is 2. The third-order valence-electron chi connectivity index (χ3n) is 7.74. The van der Waals surface area contributed by atoms with Crippen molar-refractivity contribution >= 4 is 108 Å². The summed E-state index contributed by atoms with van der Waals surface area (Å²) < 4.78 is 3.53. The molecule has 8 bridgehead atoms. The van der Waals surface area contributed by atoms with Crippen LogP contribution in [0.1, 0.15) is 0 Å². The Bertz CT molecular complexity index is 2390. The topological polar surface area (TPSA) is 109 Å². The second kappa shape index (κ2) is 9.83. The quantitative estimate of drug-likeness (QED) is 0.158. The van der Waals surface area contributed by atoms with Crippen LogP contribution in [0.2, 0.25) is 0 Å². The fraction of sp³-hybridized carbons (Fsp3) is 0. The molecule has 0 radical (unpaired) electrons. The highest BCUT2D eigenvalue weighted by Crippen LogP contribution is 2.42. The number of H-pyrrole nitrogens is 2. The Balaban J connectivity index is 1.54. The van der Waals surface area contributed by atoms with Gasteiger partial charge in [0.15, 0.2) is 23.3 Å². The molecule has 2 N–H and O–H groups in total. The first-order valence-electron chi connectivity index (χ1n) is 13.4. The van der Waals surface area contributed by atoms with E-state index in [9.17, 15) is 0 Å². The lowest BCUT2D eigenvalue weighted by Gasteiger charge is -2.00. The normalized spacial score (nSPS) is 12.1. The minimum Gasteiger partial charge on any atom is -0.324 e. The molecule has 0 fully saturated rings. The van der Waals surface area contributed by atoms with Gasteiger partial charge in [0.2, 0.25) is 0 Å². The van der Waals surface area contributed by atoms with Gasteiger partial charge in [-0.05, 0) is 24.3 Å². The Hall–Kier alpha value is -3.84. The molecule has 12 heteroatoms. The zero-order valence-electron chi connectivity index (χ0n) is 22.1. The molecule has 0 amide bonds. The predicted molar refractivity (Wildman–Crippen MR) is 187 cm³/mol. The van der Waals surface area contributed by atoms with Crippen molar-refractivity contribution < 1.29 is 0 Å². The smallest absolute Gasteiger partial charge is 0.165 e. The van der Waals surface area contributed by atoms with Gasteiger partial charge in [-0.25, -0.2) is 29.9 Å². The van der Waals surface area contributed by atoms with Crippen molar-refractivity contribution in [2.75, 3.05) is 0 Å². The summed E-state index contributed by atoms with van der Waals surface area (Å²) in [4.78, 5) is 37.2. The lowest BCUT2D eigenvalue weighted by molar-refractivity contribution is 1.19. The van der Waals surface area contributed by atoms with Gasteiger partial charge < -0.3 is 9.97 Å². The molecule has 0 saturated carbocycles. The highest BCUT2D eigenvalue weighted by molar-refractivity contribution is 9.11. The largest absolute Gasteiger partial charge is 0.324 e. The molecule has 9 rings (SSSR count). The van der Waals surface area contributed by atoms with Crippen LogP contribution in [-0.4, -0.2) is 39.9 Å². The molecule has 44 heavy (non-hydrogen) atoms. The molecule has 210 valence electrons. The average Bonchev–Trinajstić information content (AvgIpc) is 3.74. The molecule has 4 aromatic carbocycles. The SMILES string of the molecule is Brc1cccc2c1-c1nc-2nc2[nH]c(nc3nc(nc4[nH]c(n1)c1cccc(Br)c41)-c1cccc(Br)c1-3)c1cccc(Br)c21. The maximum absolute atomic E-state index is 5.08. The fourth-order valence-corrected chi connectivity index (χ4v) is 8.01. The van der Waals surface area contributed by atoms with E-state index in [1.54, 1.807) is 0 Å². The van der Waals surface area contributed by atoms with E-state index in [1.807, 2.05) is 72.8 Å². The predicted octanol–water partition coefficient (Wildman–Crippen LogP) is 9.92. The van der Waals surface area contributed by atoms with Crippen molar-refractivity contribution in [2.45, 2.75) is 0 Å². The number of fused-ring (bicyclic) bond motifs is 20. The van der Waals surface area contributed by atoms with Crippen LogP contribution < -0.4 is 0 Å². The zero-order chi connectivity index (χ0) is 29.7. The monoisotopic (exact) mass is 826 g/mol. The maximum Gasteiger partial charge on any atom is 0.165 e. The number of halogens is 4. The lowest BCUT2D eigenvalue weighted by Crippen LogP contribution is -1.84. The Morgan fingerprint density at radius 2 is 0.773 bits per heavy atom. The van der Waals surface area contributed by atoms with Gasteiger partial charge in [0, 0.05) is 61.7 Å². The van der Waals surface area contributed by atoms with Gasteiger partial charge in [-0.2, -0.15) is 0 Å². The molecule has 0 aliphatic carbocycles. The van der Waals surface area contributed by atoms with Gasteiger partial charge in [-0.1, -0.05) is 112 Å². The summed E-state index contributed by atoms with van der Waals surface area (Å²) in [6, 6.07) is 23.9. The van der Waals surface area contributed by atoms with Crippen LogP contribution in [0.15, 0.2) is 90.7 Å². The third-order valence-corrected chi connectivity index (χ3v) is 10.4. The van der Waals surface area contributed by atoms with Crippen LogP contribution in [0.5, 0.6) is 0 Å². The van der Waals surface area contributed by atoms with E-state index in [4.69, 9.17) is 29.9 Å². The summed E-state index contributed by atoms with van der Waals surface area (Å²) >= 11 is 15.0. The van der Waals surface area contributed by atoms with Gasteiger partial charge in [0.25, 0.3) is 0 Å². The molecular weight excluding hydrogens is 816 g/mol. The number of hydrogen-bond acceptors (Lipinski definition) is 6. The molecule has 2 aliphatic heterocycles. The van der Waals surface area contributed by atoms with Crippen molar-refractivity contribution in [1.29, 1.82) is 0 Å². The molecule has 0 saturated heterocycles. The van der Waals surface area contributed by atoms with Crippen molar-refractivity contribution in [1.82, 2.24) is 39.9 Å². The second-order valence-corrected chi connectivity index (χ2v) is 13.7. The van der Waals surface area contributed by atoms with E-state index in [0.717, 1.165) is 61.7 Å². The van der Waals surface area contributed by atoms with Gasteiger partial charge >= 0.3 is 0 Å². The van der Waals surface area contributed by atoms with Crippen LogP contribution in [0, 0.1) is 0 Å². The third kappa shape index (κ3) is 3.91. The van der Waals surface area contributed by atoms with Gasteiger partial charge in [0.1, 0.15) is 22.6 Å². The zero-order valence-corrected chi connectivity index (χ0v) is 28.5. The molecule has 2 aliphatic rings. The van der Waals surface area contributed by atoms with Crippen molar-refractivity contribution in [3.8, 4) is 45.6 Å². The summed E-state index contributed by atoms with van der Waals surface area (Å²) in [5, 5.41) is 3.58. The molecule has 3 aromatic heterocycles. The van der Waals surface area contributed by atoms with Crippen LogP contribution in [0.25, 0.3) is 89.7 Å². The van der Waals surface area contributed by atoms with E-state index < -0.39 is 0 Å². The number of aromatic nitrogens is 8. The van der Waals surface area contributed by atoms with Crippen LogP contribution in [0.3, 0.4) is 0 Å². The summed E-state index contributed by atoms with van der Waals surface area (Å²) in [7, 11) is 0. The molecule has 0 spiro atoms. The van der Waals surface area contributed by atoms with E-state index >= 15 is 0 Å². The number of hydrogen-bond donors (Lipinski definition) is 2. The van der Waals surface area contributed by atoms with E-state index in [0.29, 0.717) is 45.9 Å². The number of rotatable bonds is 0. The van der Waals surface area contributed by atoms with E-state index in [-0.39, 0.29) is 0 Å². The van der Waals surface area contributed by atoms with Gasteiger partial charge in [0.05, 0.1) is 0 Å². The average molecular weight is 830 g/mol. The molecule has 8 nitrogen and oxygen atoms in total. The van der Waals surface area contributed by atoms with Crippen molar-refractivity contribution in [3.63, 3.8) is 0 Å². The lowest BCUT2D eigenvalue weighted by atomic mass is 10.1. The van der Waals surface area contributed by atoms with E-state index in [1.165, 1.54) is 0 Å². The van der Waals surface area contributed by atoms with Crippen molar-refractivity contribution in [2.24, 2.45) is 0 Å². The van der Waals surface area contributed by atoms with Gasteiger partial charge in [-0.3, -0.25) is 0 Å². The Morgan fingerprint density at radius 3 is 1.23 bits per heavy atom. The van der Waals surface area contributed by atoms with Crippen molar-refractivity contribution in [3.05, 3.63) is 90.7 Å². The first kappa shape index (κ1) is 26.6. The summed E-state index contributed by atoms with van der Waals surface area (Å²) in [6.45, 7) is 0. The molecule has 0 atom stereocenters. The number of benzene rings is 4. The Morgan fingerprint density at radius 1 is 0.386 bits per heavy atom. The Kier molecular flexibility index (Phi) is 5.93. The highest BCUT2D eigenvalue weighted by Gasteiger charge is 2.25. The first-order valence-corrected chi connectivity index (χ1v) is 16.6. The van der Waals surface area contributed by atoms with Crippen LogP contribution in [-0.2, 0) is 0 Å². The molecule has 7 aromatic rings. The summed E-state index contributed by atoms with van der Waals surface area (Å²) in [5.74, 6) is 2.16. The van der Waals surface area contributed by atoms with Gasteiger partial charge in [-0.15, -0.1) is 0 Å². The summed E-state index contributed by atoms with van der Waals surface area (Å²) in [6.07, 6.45) is 0. The standard InChI is InChI=1S/C32H14Br4N8/c33-17-9-1-5-13-21(17)29-37-25(13)41-30-22-14(6-2-10-18(22)34)27(38-30)43-32-24-16(8-4-12-20(24)36)28(40-32)44-31-23-15(26(39-31)42-29)7-3-11-19(23)35/h1-12H,(H2,37,38,39,40,41,42,43,44). The number of nitrogens with zero attached hydrogens (tertiary/aromatic N) is 6. The van der Waals surface area contributed by atoms with E-state index in [2.05, 4.69) is 73.7 Å². The minimum absolute atomic E-state index is 0.538. The minimum atomic E-state index is 0.538. The summed E-state index contributed by atoms with van der Waals surface area (Å²) in [5.41, 5.74) is 5.98. The van der Waals surface area contributed by atoms with Crippen LogP contribution in [0.4, 0.5) is 0 Å². The fourth-order valence-electron chi connectivity index (χ4n) is 5.82. The molecule has 0 unspecified atom stereocenters. The Labute approximate surface area is 282 Å². The second-order valence-electron chi connectivity index (χ2n) is 10.3. The number of aromatic amines is 2. The first-order chi connectivity index (χ1) is 21.4.